The smallest absolute Gasteiger partial charge is 0.211 e. The zero-order valence-electron chi connectivity index (χ0n) is 9.40. The molecular weight excluding hydrogens is 200 g/mol. The molecule has 0 unspecified atom stereocenters. The number of sulfonamides is 1. The first-order valence-electron chi connectivity index (χ1n) is 4.99. The maximum absolute atomic E-state index is 11.3. The van der Waals surface area contributed by atoms with Crippen molar-refractivity contribution in [2.24, 2.45) is 0 Å². The van der Waals surface area contributed by atoms with Gasteiger partial charge >= 0.3 is 0 Å². The molecule has 0 aromatic heterocycles. The molecule has 0 radical (unpaired) electrons. The van der Waals surface area contributed by atoms with Gasteiger partial charge in [0.05, 0.1) is 6.26 Å². The van der Waals surface area contributed by atoms with Crippen LogP contribution in [0.1, 0.15) is 20.3 Å². The number of hydrogen-bond donors (Lipinski definition) is 0. The minimum Gasteiger partial charge on any atom is -0.299 e. The highest BCUT2D eigenvalue weighted by molar-refractivity contribution is 7.88. The molecule has 14 heavy (non-hydrogen) atoms. The molecule has 1 saturated heterocycles. The first-order valence-corrected chi connectivity index (χ1v) is 6.84. The van der Waals surface area contributed by atoms with Crippen LogP contribution in [-0.2, 0) is 10.0 Å². The van der Waals surface area contributed by atoms with Crippen LogP contribution in [0.2, 0.25) is 0 Å². The molecule has 1 heterocycles. The average molecular weight is 220 g/mol. The summed E-state index contributed by atoms with van der Waals surface area (Å²) >= 11 is 0. The van der Waals surface area contributed by atoms with E-state index >= 15 is 0 Å². The van der Waals surface area contributed by atoms with Gasteiger partial charge in [-0.1, -0.05) is 0 Å². The fraction of sp³-hybridized carbons (Fsp3) is 1.00. The van der Waals surface area contributed by atoms with Crippen LogP contribution in [0, 0.1) is 0 Å². The predicted octanol–water partition coefficient (Wildman–Crippen LogP) is 0.361. The van der Waals surface area contributed by atoms with Crippen LogP contribution >= 0.6 is 0 Å². The molecule has 0 aromatic carbocycles. The van der Waals surface area contributed by atoms with Gasteiger partial charge in [0.2, 0.25) is 10.0 Å². The van der Waals surface area contributed by atoms with E-state index < -0.39 is 10.0 Å². The highest BCUT2D eigenvalue weighted by Crippen LogP contribution is 2.18. The zero-order chi connectivity index (χ0) is 10.9. The number of rotatable bonds is 3. The molecule has 4 nitrogen and oxygen atoms in total. The number of likely N-dealkylation sites (N-methyl/N-ethyl adjacent to an activating group) is 1. The van der Waals surface area contributed by atoms with E-state index in [0.717, 1.165) is 19.5 Å². The molecule has 1 rings (SSSR count). The van der Waals surface area contributed by atoms with Gasteiger partial charge < -0.3 is 0 Å². The molecule has 0 N–H and O–H groups in total. The molecule has 0 bridgehead atoms. The van der Waals surface area contributed by atoms with E-state index in [-0.39, 0.29) is 6.04 Å². The summed E-state index contributed by atoms with van der Waals surface area (Å²) in [4.78, 5) is 2.31. The summed E-state index contributed by atoms with van der Waals surface area (Å²) in [5, 5.41) is 0. The normalized spacial score (nSPS) is 25.1. The van der Waals surface area contributed by atoms with Gasteiger partial charge in [0, 0.05) is 32.2 Å². The minimum absolute atomic E-state index is 0.160. The summed E-state index contributed by atoms with van der Waals surface area (Å²) in [6, 6.07) is 0.667. The van der Waals surface area contributed by atoms with Gasteiger partial charge in [-0.05, 0) is 20.3 Å². The third-order valence-electron chi connectivity index (χ3n) is 2.96. The molecule has 1 atom stereocenters. The second kappa shape index (κ2) is 4.16. The van der Waals surface area contributed by atoms with Gasteiger partial charge in [-0.2, -0.15) is 0 Å². The van der Waals surface area contributed by atoms with E-state index in [0.29, 0.717) is 6.04 Å². The largest absolute Gasteiger partial charge is 0.299 e. The Hall–Kier alpha value is -0.130. The number of likely N-dealkylation sites (tertiary alicyclic amines) is 1. The summed E-state index contributed by atoms with van der Waals surface area (Å²) in [6.45, 7) is 6.15. The van der Waals surface area contributed by atoms with Gasteiger partial charge in [-0.25, -0.2) is 12.7 Å². The van der Waals surface area contributed by atoms with Crippen molar-refractivity contribution in [1.82, 2.24) is 9.21 Å². The third kappa shape index (κ3) is 2.68. The second-order valence-electron chi connectivity index (χ2n) is 4.31. The summed E-state index contributed by atoms with van der Waals surface area (Å²) in [7, 11) is -1.36. The van der Waals surface area contributed by atoms with Gasteiger partial charge in [-0.3, -0.25) is 4.90 Å². The van der Waals surface area contributed by atoms with Gasteiger partial charge in [0.15, 0.2) is 0 Å². The van der Waals surface area contributed by atoms with Crippen molar-refractivity contribution in [2.45, 2.75) is 32.4 Å². The predicted molar refractivity (Wildman–Crippen MR) is 57.7 cm³/mol. The maximum Gasteiger partial charge on any atom is 0.211 e. The molecule has 0 aromatic rings. The Morgan fingerprint density at radius 2 is 2.00 bits per heavy atom. The molecule has 1 fully saturated rings. The molecule has 0 amide bonds. The molecular formula is C9H20N2O2S. The lowest BCUT2D eigenvalue weighted by Crippen LogP contribution is -2.39. The van der Waals surface area contributed by atoms with Crippen molar-refractivity contribution in [2.75, 3.05) is 26.4 Å². The van der Waals surface area contributed by atoms with Crippen molar-refractivity contribution in [1.29, 1.82) is 0 Å². The number of hydrogen-bond acceptors (Lipinski definition) is 3. The number of nitrogens with zero attached hydrogens (tertiary/aromatic N) is 2. The fourth-order valence-corrected chi connectivity index (χ4v) is 2.52. The second-order valence-corrected chi connectivity index (χ2v) is 6.35. The minimum atomic E-state index is -3.03. The maximum atomic E-state index is 11.3. The van der Waals surface area contributed by atoms with Crippen LogP contribution < -0.4 is 0 Å². The monoisotopic (exact) mass is 220 g/mol. The van der Waals surface area contributed by atoms with E-state index in [1.807, 2.05) is 0 Å². The Labute approximate surface area is 86.9 Å². The topological polar surface area (TPSA) is 40.6 Å². The van der Waals surface area contributed by atoms with Crippen LogP contribution in [0.15, 0.2) is 0 Å². The molecule has 0 aliphatic carbocycles. The van der Waals surface area contributed by atoms with Crippen molar-refractivity contribution >= 4 is 10.0 Å². The van der Waals surface area contributed by atoms with E-state index in [1.165, 1.54) is 10.6 Å². The summed E-state index contributed by atoms with van der Waals surface area (Å²) < 4.78 is 24.1. The lowest BCUT2D eigenvalue weighted by Gasteiger charge is -2.24. The van der Waals surface area contributed by atoms with Gasteiger partial charge in [0.25, 0.3) is 0 Å². The van der Waals surface area contributed by atoms with Crippen LogP contribution in [0.3, 0.4) is 0 Å². The average Bonchev–Trinajstić information content (AvgIpc) is 2.48. The van der Waals surface area contributed by atoms with Crippen LogP contribution in [0.25, 0.3) is 0 Å². The molecule has 84 valence electrons. The van der Waals surface area contributed by atoms with Gasteiger partial charge in [-0.15, -0.1) is 0 Å². The highest BCUT2D eigenvalue weighted by Gasteiger charge is 2.30. The lowest BCUT2D eigenvalue weighted by atomic mass is 10.3. The first-order chi connectivity index (χ1) is 6.32. The Morgan fingerprint density at radius 1 is 1.43 bits per heavy atom. The quantitative estimate of drug-likeness (QED) is 0.689. The SMILES string of the molecule is CC(C)N1CC[C@H](N(C)S(C)(=O)=O)C1. The third-order valence-corrected chi connectivity index (χ3v) is 4.31. The van der Waals surface area contributed by atoms with E-state index in [2.05, 4.69) is 18.7 Å². The lowest BCUT2D eigenvalue weighted by molar-refractivity contribution is 0.256. The van der Waals surface area contributed by atoms with E-state index in [9.17, 15) is 8.42 Å². The summed E-state index contributed by atoms with van der Waals surface area (Å²) in [5.74, 6) is 0. The van der Waals surface area contributed by atoms with Crippen LogP contribution in [-0.4, -0.2) is 56.1 Å². The molecule has 5 heteroatoms. The molecule has 0 spiro atoms. The van der Waals surface area contributed by atoms with Gasteiger partial charge in [0.1, 0.15) is 0 Å². The fourth-order valence-electron chi connectivity index (χ4n) is 1.80. The van der Waals surface area contributed by atoms with Crippen LogP contribution in [0.4, 0.5) is 0 Å². The molecule has 0 saturated carbocycles. The Morgan fingerprint density at radius 3 is 2.36 bits per heavy atom. The van der Waals surface area contributed by atoms with E-state index in [4.69, 9.17) is 0 Å². The Bertz CT molecular complexity index is 287. The Kier molecular flexibility index (Phi) is 3.55. The van der Waals surface area contributed by atoms with Crippen LogP contribution in [0.5, 0.6) is 0 Å². The Balaban J connectivity index is 2.59. The summed E-state index contributed by atoms with van der Waals surface area (Å²) in [5.41, 5.74) is 0. The van der Waals surface area contributed by atoms with Crippen molar-refractivity contribution < 1.29 is 8.42 Å². The van der Waals surface area contributed by atoms with Crippen molar-refractivity contribution in [3.05, 3.63) is 0 Å². The first kappa shape index (κ1) is 11.9. The highest BCUT2D eigenvalue weighted by atomic mass is 32.2. The zero-order valence-corrected chi connectivity index (χ0v) is 10.2. The molecule has 1 aliphatic heterocycles. The standard InChI is InChI=1S/C9H20N2O2S/c1-8(2)11-6-5-9(7-11)10(3)14(4,12)13/h8-9H,5-7H2,1-4H3/t9-/m0/s1. The molecule has 1 aliphatic rings. The van der Waals surface area contributed by atoms with Crippen molar-refractivity contribution in [3.8, 4) is 0 Å². The summed E-state index contributed by atoms with van der Waals surface area (Å²) in [6.07, 6.45) is 2.22. The van der Waals surface area contributed by atoms with E-state index in [1.54, 1.807) is 7.05 Å². The van der Waals surface area contributed by atoms with Crippen molar-refractivity contribution in [3.63, 3.8) is 0 Å².